The quantitative estimate of drug-likeness (QED) is 0.387. The Morgan fingerprint density at radius 3 is 2.06 bits per heavy atom. The molecule has 6 nitrogen and oxygen atoms in total. The van der Waals surface area contributed by atoms with Crippen molar-refractivity contribution >= 4 is 34.8 Å². The van der Waals surface area contributed by atoms with Crippen LogP contribution in [0.15, 0.2) is 66.7 Å². The zero-order valence-corrected chi connectivity index (χ0v) is 19.9. The van der Waals surface area contributed by atoms with Gasteiger partial charge in [0.25, 0.3) is 5.91 Å². The van der Waals surface area contributed by atoms with Crippen molar-refractivity contribution in [1.29, 1.82) is 0 Å². The molecule has 2 amide bonds. The SMILES string of the molecule is CCOc1cc(NC(=O)C2CC2c2ccc(Cl)cc2)c(OCC)cc1NC(=O)c1ccccc1. The van der Waals surface area contributed by atoms with Gasteiger partial charge in [0.15, 0.2) is 0 Å². The van der Waals surface area contributed by atoms with Gasteiger partial charge in [-0.1, -0.05) is 41.9 Å². The lowest BCUT2D eigenvalue weighted by Gasteiger charge is -2.18. The summed E-state index contributed by atoms with van der Waals surface area (Å²) >= 11 is 5.98. The number of carbonyl (C=O) groups excluding carboxylic acids is 2. The fourth-order valence-corrected chi connectivity index (χ4v) is 4.00. The summed E-state index contributed by atoms with van der Waals surface area (Å²) in [6, 6.07) is 19.9. The van der Waals surface area contributed by atoms with E-state index in [0.29, 0.717) is 46.7 Å². The highest BCUT2D eigenvalue weighted by Gasteiger charge is 2.44. The number of rotatable bonds is 9. The third kappa shape index (κ3) is 5.51. The van der Waals surface area contributed by atoms with Crippen molar-refractivity contribution in [3.8, 4) is 11.5 Å². The second kappa shape index (κ2) is 10.6. The van der Waals surface area contributed by atoms with Crippen LogP contribution < -0.4 is 20.1 Å². The van der Waals surface area contributed by atoms with Crippen molar-refractivity contribution in [2.75, 3.05) is 23.8 Å². The first-order valence-corrected chi connectivity index (χ1v) is 11.7. The first-order valence-electron chi connectivity index (χ1n) is 11.4. The number of nitrogens with one attached hydrogen (secondary N) is 2. The molecule has 0 aromatic heterocycles. The maximum Gasteiger partial charge on any atom is 0.255 e. The van der Waals surface area contributed by atoms with Crippen molar-refractivity contribution in [2.45, 2.75) is 26.2 Å². The zero-order chi connectivity index (χ0) is 24.1. The summed E-state index contributed by atoms with van der Waals surface area (Å²) in [5.74, 6) is 0.628. The van der Waals surface area contributed by atoms with Crippen molar-refractivity contribution in [2.24, 2.45) is 5.92 Å². The maximum absolute atomic E-state index is 13.0. The van der Waals surface area contributed by atoms with Gasteiger partial charge in [0.1, 0.15) is 11.5 Å². The molecule has 1 saturated carbocycles. The normalized spacial score (nSPS) is 16.4. The van der Waals surface area contributed by atoms with Crippen molar-refractivity contribution < 1.29 is 19.1 Å². The number of carbonyl (C=O) groups is 2. The molecule has 0 spiro atoms. The Hall–Kier alpha value is -3.51. The highest BCUT2D eigenvalue weighted by molar-refractivity contribution is 6.30. The molecule has 2 unspecified atom stereocenters. The monoisotopic (exact) mass is 478 g/mol. The number of hydrogen-bond donors (Lipinski definition) is 2. The minimum atomic E-state index is -0.260. The van der Waals surface area contributed by atoms with Crippen LogP contribution in [0.25, 0.3) is 0 Å². The standard InChI is InChI=1S/C27H27ClN2O4/c1-3-33-24-16-23(30-27(32)21-14-20(21)17-10-12-19(28)13-11-17)25(34-4-2)15-22(24)29-26(31)18-8-6-5-7-9-18/h5-13,15-16,20-21H,3-4,14H2,1-2H3,(H,29,31)(H,30,32). The molecule has 34 heavy (non-hydrogen) atoms. The van der Waals surface area contributed by atoms with Gasteiger partial charge in [-0.15, -0.1) is 0 Å². The van der Waals surface area contributed by atoms with Crippen LogP contribution in [-0.4, -0.2) is 25.0 Å². The molecule has 2 N–H and O–H groups in total. The lowest BCUT2D eigenvalue weighted by Crippen LogP contribution is -2.17. The lowest BCUT2D eigenvalue weighted by atomic mass is 10.1. The smallest absolute Gasteiger partial charge is 0.255 e. The topological polar surface area (TPSA) is 76.7 Å². The summed E-state index contributed by atoms with van der Waals surface area (Å²) in [5.41, 5.74) is 2.61. The van der Waals surface area contributed by atoms with E-state index in [2.05, 4.69) is 10.6 Å². The van der Waals surface area contributed by atoms with Gasteiger partial charge >= 0.3 is 0 Å². The van der Waals surface area contributed by atoms with E-state index in [1.165, 1.54) is 0 Å². The van der Waals surface area contributed by atoms with Crippen LogP contribution in [0.5, 0.6) is 11.5 Å². The molecule has 0 heterocycles. The van der Waals surface area contributed by atoms with E-state index in [1.54, 1.807) is 36.4 Å². The Morgan fingerprint density at radius 1 is 0.882 bits per heavy atom. The molecule has 0 radical (unpaired) electrons. The highest BCUT2D eigenvalue weighted by Crippen LogP contribution is 2.48. The zero-order valence-electron chi connectivity index (χ0n) is 19.1. The Labute approximate surface area is 204 Å². The number of ether oxygens (including phenoxy) is 2. The van der Waals surface area contributed by atoms with Crippen LogP contribution in [0, 0.1) is 5.92 Å². The number of halogens is 1. The second-order valence-corrected chi connectivity index (χ2v) is 8.46. The molecule has 3 aromatic carbocycles. The van der Waals surface area contributed by atoms with Gasteiger partial charge in [-0.25, -0.2) is 0 Å². The minimum Gasteiger partial charge on any atom is -0.492 e. The Kier molecular flexibility index (Phi) is 7.38. The molecule has 0 bridgehead atoms. The number of hydrogen-bond acceptors (Lipinski definition) is 4. The third-order valence-corrected chi connectivity index (χ3v) is 5.90. The molecule has 0 saturated heterocycles. The van der Waals surface area contributed by atoms with Gasteiger partial charge in [0.05, 0.1) is 24.6 Å². The molecule has 1 fully saturated rings. The van der Waals surface area contributed by atoms with Gasteiger partial charge in [-0.05, 0) is 56.0 Å². The molecule has 2 atom stereocenters. The number of amides is 2. The molecule has 1 aliphatic carbocycles. The van der Waals surface area contributed by atoms with E-state index >= 15 is 0 Å². The van der Waals surface area contributed by atoms with E-state index < -0.39 is 0 Å². The van der Waals surface area contributed by atoms with Crippen molar-refractivity contribution in [3.63, 3.8) is 0 Å². The van der Waals surface area contributed by atoms with Gasteiger partial charge < -0.3 is 20.1 Å². The third-order valence-electron chi connectivity index (χ3n) is 5.65. The Morgan fingerprint density at radius 2 is 1.47 bits per heavy atom. The number of benzene rings is 3. The predicted octanol–water partition coefficient (Wildman–Crippen LogP) is 6.13. The van der Waals surface area contributed by atoms with Gasteiger partial charge in [-0.3, -0.25) is 9.59 Å². The summed E-state index contributed by atoms with van der Waals surface area (Å²) in [6.07, 6.45) is 0.779. The fourth-order valence-electron chi connectivity index (χ4n) is 3.88. The van der Waals surface area contributed by atoms with Crippen LogP contribution >= 0.6 is 11.6 Å². The summed E-state index contributed by atoms with van der Waals surface area (Å²) in [5, 5.41) is 6.56. The van der Waals surface area contributed by atoms with Crippen molar-refractivity contribution in [1.82, 2.24) is 0 Å². The molecular weight excluding hydrogens is 452 g/mol. The Bertz CT molecular complexity index is 1170. The molecule has 4 rings (SSSR count). The summed E-state index contributed by atoms with van der Waals surface area (Å²) in [4.78, 5) is 25.7. The summed E-state index contributed by atoms with van der Waals surface area (Å²) < 4.78 is 11.6. The molecule has 0 aliphatic heterocycles. The average molecular weight is 479 g/mol. The molecule has 176 valence electrons. The van der Waals surface area contributed by atoms with Crippen LogP contribution in [-0.2, 0) is 4.79 Å². The fraction of sp³-hybridized carbons (Fsp3) is 0.259. The van der Waals surface area contributed by atoms with Gasteiger partial charge in [0, 0.05) is 28.6 Å². The lowest BCUT2D eigenvalue weighted by molar-refractivity contribution is -0.117. The van der Waals surface area contributed by atoms with E-state index in [-0.39, 0.29) is 23.7 Å². The van der Waals surface area contributed by atoms with Crippen LogP contribution in [0.1, 0.15) is 42.1 Å². The van der Waals surface area contributed by atoms with E-state index in [0.717, 1.165) is 12.0 Å². The van der Waals surface area contributed by atoms with E-state index in [4.69, 9.17) is 21.1 Å². The summed E-state index contributed by atoms with van der Waals surface area (Å²) in [7, 11) is 0. The van der Waals surface area contributed by atoms with Gasteiger partial charge in [-0.2, -0.15) is 0 Å². The maximum atomic E-state index is 13.0. The van der Waals surface area contributed by atoms with E-state index in [9.17, 15) is 9.59 Å². The molecular formula is C27H27ClN2O4. The Balaban J connectivity index is 1.54. The first-order chi connectivity index (χ1) is 16.5. The van der Waals surface area contributed by atoms with Crippen molar-refractivity contribution in [3.05, 3.63) is 82.9 Å². The van der Waals surface area contributed by atoms with E-state index in [1.807, 2.05) is 44.2 Å². The van der Waals surface area contributed by atoms with Crippen LogP contribution in [0.2, 0.25) is 5.02 Å². The van der Waals surface area contributed by atoms with Gasteiger partial charge in [0.2, 0.25) is 5.91 Å². The minimum absolute atomic E-state index is 0.0792. The van der Waals surface area contributed by atoms with Crippen LogP contribution in [0.3, 0.4) is 0 Å². The highest BCUT2D eigenvalue weighted by atomic mass is 35.5. The molecule has 1 aliphatic rings. The second-order valence-electron chi connectivity index (χ2n) is 8.02. The summed E-state index contributed by atoms with van der Waals surface area (Å²) in [6.45, 7) is 4.52. The number of anilines is 2. The largest absolute Gasteiger partial charge is 0.492 e. The average Bonchev–Trinajstić information content (AvgIpc) is 3.64. The van der Waals surface area contributed by atoms with Crippen LogP contribution in [0.4, 0.5) is 11.4 Å². The molecule has 3 aromatic rings. The first kappa shape index (κ1) is 23.6. The molecule has 7 heteroatoms. The predicted molar refractivity (Wildman–Crippen MR) is 134 cm³/mol.